The van der Waals surface area contributed by atoms with Gasteiger partial charge in [-0.2, -0.15) is 8.42 Å². The zero-order valence-electron chi connectivity index (χ0n) is 5.26. The van der Waals surface area contributed by atoms with Gasteiger partial charge in [-0.3, -0.25) is 0 Å². The highest BCUT2D eigenvalue weighted by Gasteiger charge is 2.04. The van der Waals surface area contributed by atoms with Crippen LogP contribution in [0.4, 0.5) is 0 Å². The Morgan fingerprint density at radius 1 is 1.60 bits per heavy atom. The number of nitrogens with zero attached hydrogens (tertiary/aromatic N) is 2. The van der Waals surface area contributed by atoms with Crippen LogP contribution in [0, 0.1) is 0 Å². The molecule has 0 amide bonds. The summed E-state index contributed by atoms with van der Waals surface area (Å²) in [6.45, 7) is 0. The molecule has 5 nitrogen and oxygen atoms in total. The van der Waals surface area contributed by atoms with Gasteiger partial charge in [-0.15, -0.1) is 3.97 Å². The van der Waals surface area contributed by atoms with E-state index in [0.29, 0.717) is 3.97 Å². The van der Waals surface area contributed by atoms with Crippen LogP contribution in [0.2, 0.25) is 0 Å². The first-order valence-electron chi connectivity index (χ1n) is 2.50. The molecule has 1 aromatic heterocycles. The topological polar surface area (TPSA) is 66.0 Å². The molecule has 0 fully saturated rings. The summed E-state index contributed by atoms with van der Waals surface area (Å²) in [6, 6.07) is 0. The number of aromatic nitrogens is 2. The van der Waals surface area contributed by atoms with E-state index in [1.165, 1.54) is 23.3 Å². The Hall–Kier alpha value is -0.880. The van der Waals surface area contributed by atoms with Crippen molar-refractivity contribution in [2.75, 3.05) is 0 Å². The summed E-state index contributed by atoms with van der Waals surface area (Å²) in [6.07, 6.45) is 3.83. The molecule has 0 bridgehead atoms. The van der Waals surface area contributed by atoms with Crippen molar-refractivity contribution >= 4 is 10.3 Å². The maximum atomic E-state index is 10.2. The lowest BCUT2D eigenvalue weighted by molar-refractivity contribution is -0.519. The van der Waals surface area contributed by atoms with Gasteiger partial charge in [0.2, 0.25) is 0 Å². The van der Waals surface area contributed by atoms with Crippen LogP contribution in [0.3, 0.4) is 0 Å². The third kappa shape index (κ3) is 1.34. The fraction of sp³-hybridized carbons (Fsp3) is 0.250. The van der Waals surface area contributed by atoms with E-state index in [1.807, 2.05) is 0 Å². The Kier molecular flexibility index (Phi) is 1.49. The van der Waals surface area contributed by atoms with Crippen molar-refractivity contribution in [3.05, 3.63) is 18.7 Å². The van der Waals surface area contributed by atoms with E-state index in [4.69, 9.17) is 0 Å². The molecule has 0 aliphatic rings. The Labute approximate surface area is 58.4 Å². The minimum absolute atomic E-state index is 0.604. The lowest BCUT2D eigenvalue weighted by Crippen LogP contribution is -2.40. The molecule has 0 unspecified atom stereocenters. The van der Waals surface area contributed by atoms with Crippen LogP contribution in [-0.2, 0) is 17.4 Å². The molecule has 0 aromatic carbocycles. The summed E-state index contributed by atoms with van der Waals surface area (Å²) >= 11 is 0. The van der Waals surface area contributed by atoms with E-state index in [0.717, 1.165) is 0 Å². The van der Waals surface area contributed by atoms with E-state index in [2.05, 4.69) is 0 Å². The Morgan fingerprint density at radius 3 is 2.40 bits per heavy atom. The van der Waals surface area contributed by atoms with Crippen molar-refractivity contribution in [1.29, 1.82) is 0 Å². The third-order valence-electron chi connectivity index (χ3n) is 1.00. The van der Waals surface area contributed by atoms with Gasteiger partial charge in [0.15, 0.2) is 0 Å². The van der Waals surface area contributed by atoms with Crippen LogP contribution in [0.1, 0.15) is 0 Å². The lowest BCUT2D eigenvalue weighted by Gasteiger charge is -1.98. The number of hydrogen-bond donors (Lipinski definition) is 0. The highest BCUT2D eigenvalue weighted by atomic mass is 32.2. The highest BCUT2D eigenvalue weighted by Crippen LogP contribution is 1.79. The average Bonchev–Trinajstić information content (AvgIpc) is 2.11. The zero-order valence-corrected chi connectivity index (χ0v) is 6.08. The quantitative estimate of drug-likeness (QED) is 0.377. The van der Waals surface area contributed by atoms with Crippen LogP contribution in [0.5, 0.6) is 0 Å². The van der Waals surface area contributed by atoms with E-state index in [9.17, 15) is 13.0 Å². The van der Waals surface area contributed by atoms with Crippen LogP contribution >= 0.6 is 0 Å². The van der Waals surface area contributed by atoms with E-state index in [-0.39, 0.29) is 0 Å². The monoisotopic (exact) mass is 162 g/mol. The Morgan fingerprint density at radius 2 is 2.20 bits per heavy atom. The molecule has 0 aliphatic heterocycles. The fourth-order valence-corrected chi connectivity index (χ4v) is 1.03. The summed E-state index contributed by atoms with van der Waals surface area (Å²) in [5.41, 5.74) is 0. The predicted molar refractivity (Wildman–Crippen MR) is 30.7 cm³/mol. The Bertz CT molecular complexity index is 326. The number of imidazole rings is 1. The first-order chi connectivity index (χ1) is 4.50. The second kappa shape index (κ2) is 2.06. The van der Waals surface area contributed by atoms with Crippen LogP contribution < -0.4 is 3.97 Å². The summed E-state index contributed by atoms with van der Waals surface area (Å²) in [5.74, 6) is 0. The normalized spacial score (nSPS) is 11.8. The summed E-state index contributed by atoms with van der Waals surface area (Å²) in [7, 11) is -2.71. The molecule has 0 saturated heterocycles. The Balaban J connectivity index is 3.21. The molecule has 0 atom stereocenters. The maximum Gasteiger partial charge on any atom is 0.260 e. The van der Waals surface area contributed by atoms with Crippen LogP contribution in [0.15, 0.2) is 18.7 Å². The molecule has 1 aromatic rings. The summed E-state index contributed by atoms with van der Waals surface area (Å²) in [4.78, 5) is 0. The second-order valence-corrected chi connectivity index (χ2v) is 3.14. The fourth-order valence-electron chi connectivity index (χ4n) is 0.560. The van der Waals surface area contributed by atoms with Gasteiger partial charge in [0.1, 0.15) is 12.4 Å². The van der Waals surface area contributed by atoms with Crippen LogP contribution in [0.25, 0.3) is 0 Å². The number of hydrogen-bond acceptors (Lipinski definition) is 3. The molecule has 10 heavy (non-hydrogen) atoms. The summed E-state index contributed by atoms with van der Waals surface area (Å²) in [5, 5.41) is 0. The van der Waals surface area contributed by atoms with Gasteiger partial charge in [-0.25, -0.2) is 4.57 Å². The van der Waals surface area contributed by atoms with Crippen LogP contribution in [-0.4, -0.2) is 17.5 Å². The van der Waals surface area contributed by atoms with Crippen molar-refractivity contribution in [2.24, 2.45) is 7.05 Å². The molecule has 1 rings (SSSR count). The maximum absolute atomic E-state index is 10.2. The first-order valence-corrected chi connectivity index (χ1v) is 3.86. The van der Waals surface area contributed by atoms with Crippen molar-refractivity contribution in [2.45, 2.75) is 0 Å². The average molecular weight is 162 g/mol. The molecular weight excluding hydrogens is 156 g/mol. The van der Waals surface area contributed by atoms with Gasteiger partial charge >= 0.3 is 0 Å². The molecule has 6 heteroatoms. The lowest BCUT2D eigenvalue weighted by atomic mass is 10.9. The van der Waals surface area contributed by atoms with Gasteiger partial charge in [-0.1, -0.05) is 0 Å². The molecule has 0 N–H and O–H groups in total. The zero-order chi connectivity index (χ0) is 7.78. The van der Waals surface area contributed by atoms with Gasteiger partial charge in [0.25, 0.3) is 16.6 Å². The van der Waals surface area contributed by atoms with E-state index < -0.39 is 10.3 Å². The largest absolute Gasteiger partial charge is 0.713 e. The minimum Gasteiger partial charge on any atom is -0.713 e. The molecule has 1 heterocycles. The molecule has 0 radical (unpaired) electrons. The molecule has 0 spiro atoms. The van der Waals surface area contributed by atoms with Gasteiger partial charge in [0, 0.05) is 0 Å². The SMILES string of the molecule is Cn1cc[n+](S(=O)(=O)[O-])c1. The van der Waals surface area contributed by atoms with Crippen molar-refractivity contribution in [3.63, 3.8) is 0 Å². The second-order valence-electron chi connectivity index (χ2n) is 1.87. The van der Waals surface area contributed by atoms with Crippen molar-refractivity contribution in [3.8, 4) is 0 Å². The minimum atomic E-state index is -4.34. The van der Waals surface area contributed by atoms with E-state index >= 15 is 0 Å². The predicted octanol–water partition coefficient (Wildman–Crippen LogP) is -1.38. The summed E-state index contributed by atoms with van der Waals surface area (Å²) < 4.78 is 32.8. The molecular formula is C4H6N2O3S. The molecule has 0 aliphatic carbocycles. The highest BCUT2D eigenvalue weighted by molar-refractivity contribution is 7.78. The number of aryl methyl sites for hydroxylation is 1. The number of rotatable bonds is 1. The molecule has 56 valence electrons. The van der Waals surface area contributed by atoms with E-state index in [1.54, 1.807) is 7.05 Å². The van der Waals surface area contributed by atoms with Gasteiger partial charge < -0.3 is 4.55 Å². The molecule has 0 saturated carbocycles. The van der Waals surface area contributed by atoms with Crippen molar-refractivity contribution < 1.29 is 16.9 Å². The first kappa shape index (κ1) is 7.23. The standard InChI is InChI=1S/C4H6N2O3S/c1-5-2-3-6(4-5)10(7,8)9/h2-4H,1H3. The third-order valence-corrected chi connectivity index (χ3v) is 1.74. The van der Waals surface area contributed by atoms with Gasteiger partial charge in [0.05, 0.1) is 7.05 Å². The van der Waals surface area contributed by atoms with Crippen molar-refractivity contribution in [1.82, 2.24) is 4.57 Å². The van der Waals surface area contributed by atoms with Gasteiger partial charge in [-0.05, 0) is 0 Å². The smallest absolute Gasteiger partial charge is 0.260 e.